The minimum Gasteiger partial charge on any atom is -0.495 e. The summed E-state index contributed by atoms with van der Waals surface area (Å²) in [4.78, 5) is 12.9. The Labute approximate surface area is 148 Å². The number of ether oxygens (including phenoxy) is 3. The van der Waals surface area contributed by atoms with Crippen LogP contribution < -0.4 is 14.2 Å². The summed E-state index contributed by atoms with van der Waals surface area (Å²) in [6, 6.07) is 8.82. The molecule has 5 nitrogen and oxygen atoms in total. The lowest BCUT2D eigenvalue weighted by molar-refractivity contribution is 0.101. The highest BCUT2D eigenvalue weighted by Crippen LogP contribution is 2.50. The normalized spacial score (nSPS) is 14.7. The van der Waals surface area contributed by atoms with Gasteiger partial charge in [0.1, 0.15) is 11.3 Å². The maximum Gasteiger partial charge on any atom is 0.235 e. The Balaban J connectivity index is 1.90. The summed E-state index contributed by atoms with van der Waals surface area (Å²) in [5, 5.41) is 1.27. The molecule has 4 rings (SSSR count). The molecule has 2 aromatic carbocycles. The number of Topliss-reactive ketones (excluding diaryl/α,β-unsaturated/α-hetero) is 1. The second kappa shape index (κ2) is 5.86. The smallest absolute Gasteiger partial charge is 0.235 e. The summed E-state index contributed by atoms with van der Waals surface area (Å²) in [6.45, 7) is 0. The molecule has 1 aliphatic rings. The van der Waals surface area contributed by atoms with Crippen molar-refractivity contribution in [1.29, 1.82) is 0 Å². The van der Waals surface area contributed by atoms with Crippen LogP contribution >= 0.6 is 11.6 Å². The number of halogens is 1. The van der Waals surface area contributed by atoms with Crippen LogP contribution in [-0.2, 0) is 0 Å². The number of carbonyl (C=O) groups excluding carboxylic acids is 1. The summed E-state index contributed by atoms with van der Waals surface area (Å²) in [5.74, 6) is 0.976. The average molecular weight is 357 g/mol. The van der Waals surface area contributed by atoms with Gasteiger partial charge in [-0.3, -0.25) is 4.79 Å². The lowest BCUT2D eigenvalue weighted by Crippen LogP contribution is -2.00. The first-order chi connectivity index (χ1) is 12.1. The summed E-state index contributed by atoms with van der Waals surface area (Å²) >= 11 is 5.89. The molecule has 3 aromatic rings. The van der Waals surface area contributed by atoms with E-state index in [0.29, 0.717) is 38.8 Å². The van der Waals surface area contributed by atoms with E-state index in [0.717, 1.165) is 5.56 Å². The topological polar surface area (TPSA) is 57.9 Å². The molecule has 0 radical (unpaired) electrons. The molecule has 2 heterocycles. The maximum absolute atomic E-state index is 12.9. The van der Waals surface area contributed by atoms with Crippen molar-refractivity contribution in [2.24, 2.45) is 0 Å². The zero-order valence-electron chi connectivity index (χ0n) is 13.5. The minimum atomic E-state index is -0.275. The highest BCUT2D eigenvalue weighted by molar-refractivity contribution is 6.30. The fraction of sp³-hybridized carbons (Fsp3) is 0.105. The number of rotatable bonds is 3. The Kier molecular flexibility index (Phi) is 3.66. The SMILES string of the molecule is COc1c2c(c(OC)c3occc13)O/C(=C/c1ccc(Cl)cc1)C2=O. The number of allylic oxidation sites excluding steroid dienone is 1. The van der Waals surface area contributed by atoms with Crippen molar-refractivity contribution in [3.05, 3.63) is 58.5 Å². The Morgan fingerprint density at radius 3 is 2.44 bits per heavy atom. The van der Waals surface area contributed by atoms with Gasteiger partial charge in [-0.2, -0.15) is 0 Å². The van der Waals surface area contributed by atoms with Crippen molar-refractivity contribution in [2.45, 2.75) is 0 Å². The van der Waals surface area contributed by atoms with Gasteiger partial charge in [0.05, 0.1) is 25.9 Å². The average Bonchev–Trinajstić information content (AvgIpc) is 3.21. The van der Waals surface area contributed by atoms with Gasteiger partial charge in [0, 0.05) is 5.02 Å². The molecule has 1 aliphatic heterocycles. The number of ketones is 1. The molecule has 0 N–H and O–H groups in total. The third kappa shape index (κ3) is 2.36. The number of methoxy groups -OCH3 is 2. The number of carbonyl (C=O) groups is 1. The van der Waals surface area contributed by atoms with E-state index in [1.807, 2.05) is 0 Å². The van der Waals surface area contributed by atoms with Crippen LogP contribution in [0.2, 0.25) is 5.02 Å². The van der Waals surface area contributed by atoms with Crippen LogP contribution in [0, 0.1) is 0 Å². The van der Waals surface area contributed by atoms with Crippen molar-refractivity contribution >= 4 is 34.4 Å². The Hall–Kier alpha value is -2.92. The van der Waals surface area contributed by atoms with E-state index in [4.69, 9.17) is 30.2 Å². The first-order valence-electron chi connectivity index (χ1n) is 7.49. The summed E-state index contributed by atoms with van der Waals surface area (Å²) in [6.07, 6.45) is 3.17. The van der Waals surface area contributed by atoms with Crippen LogP contribution in [0.25, 0.3) is 17.0 Å². The predicted octanol–water partition coefficient (Wildman–Crippen LogP) is 4.72. The molecule has 0 aliphatic carbocycles. The molecule has 126 valence electrons. The van der Waals surface area contributed by atoms with Crippen molar-refractivity contribution in [3.8, 4) is 17.2 Å². The lowest BCUT2D eigenvalue weighted by atomic mass is 10.0. The van der Waals surface area contributed by atoms with Gasteiger partial charge in [-0.25, -0.2) is 0 Å². The quantitative estimate of drug-likeness (QED) is 0.635. The molecular formula is C19H13ClO5. The second-order valence-corrected chi connectivity index (χ2v) is 5.86. The van der Waals surface area contributed by atoms with Gasteiger partial charge in [-0.05, 0) is 29.8 Å². The van der Waals surface area contributed by atoms with Crippen LogP contribution in [0.15, 0.2) is 46.8 Å². The third-order valence-electron chi connectivity index (χ3n) is 4.02. The molecule has 0 fully saturated rings. The summed E-state index contributed by atoms with van der Waals surface area (Å²) in [7, 11) is 3.00. The lowest BCUT2D eigenvalue weighted by Gasteiger charge is -2.10. The first kappa shape index (κ1) is 15.6. The highest BCUT2D eigenvalue weighted by atomic mass is 35.5. The number of benzene rings is 2. The molecule has 1 aromatic heterocycles. The Bertz CT molecular complexity index is 1010. The van der Waals surface area contributed by atoms with E-state index in [1.165, 1.54) is 20.5 Å². The molecular weight excluding hydrogens is 344 g/mol. The molecule has 6 heteroatoms. The fourth-order valence-corrected chi connectivity index (χ4v) is 3.03. The number of hydrogen-bond donors (Lipinski definition) is 0. The molecule has 0 bridgehead atoms. The van der Waals surface area contributed by atoms with Crippen LogP contribution in [0.4, 0.5) is 0 Å². The molecule has 0 saturated carbocycles. The molecule has 0 amide bonds. The molecule has 0 spiro atoms. The number of furan rings is 1. The zero-order chi connectivity index (χ0) is 17.6. The maximum atomic E-state index is 12.9. The van der Waals surface area contributed by atoms with E-state index in [-0.39, 0.29) is 11.5 Å². The molecule has 0 atom stereocenters. The zero-order valence-corrected chi connectivity index (χ0v) is 14.2. The Morgan fingerprint density at radius 2 is 1.76 bits per heavy atom. The van der Waals surface area contributed by atoms with Crippen molar-refractivity contribution in [2.75, 3.05) is 14.2 Å². The van der Waals surface area contributed by atoms with Crippen LogP contribution in [-0.4, -0.2) is 20.0 Å². The fourth-order valence-electron chi connectivity index (χ4n) is 2.90. The summed E-state index contributed by atoms with van der Waals surface area (Å²) < 4.78 is 22.2. The van der Waals surface area contributed by atoms with Crippen molar-refractivity contribution < 1.29 is 23.4 Å². The van der Waals surface area contributed by atoms with E-state index in [1.54, 1.807) is 36.4 Å². The van der Waals surface area contributed by atoms with Gasteiger partial charge in [0.2, 0.25) is 11.5 Å². The standard InChI is InChI=1S/C19H13ClO5/c1-22-16-12-7-8-24-17(12)19(23-2)18-14(16)15(21)13(25-18)9-10-3-5-11(20)6-4-10/h3-9H,1-2H3/b13-9+. The third-order valence-corrected chi connectivity index (χ3v) is 4.27. The van der Waals surface area contributed by atoms with E-state index >= 15 is 0 Å². The van der Waals surface area contributed by atoms with Crippen LogP contribution in [0.3, 0.4) is 0 Å². The van der Waals surface area contributed by atoms with Crippen molar-refractivity contribution in [3.63, 3.8) is 0 Å². The largest absolute Gasteiger partial charge is 0.495 e. The molecule has 0 saturated heterocycles. The summed E-state index contributed by atoms with van der Waals surface area (Å²) in [5.41, 5.74) is 1.59. The molecule has 25 heavy (non-hydrogen) atoms. The van der Waals surface area contributed by atoms with E-state index < -0.39 is 0 Å². The number of hydrogen-bond acceptors (Lipinski definition) is 5. The predicted molar refractivity (Wildman–Crippen MR) is 93.7 cm³/mol. The van der Waals surface area contributed by atoms with Gasteiger partial charge < -0.3 is 18.6 Å². The van der Waals surface area contributed by atoms with Gasteiger partial charge in [-0.1, -0.05) is 23.7 Å². The van der Waals surface area contributed by atoms with Gasteiger partial charge in [-0.15, -0.1) is 0 Å². The van der Waals surface area contributed by atoms with Crippen LogP contribution in [0.1, 0.15) is 15.9 Å². The van der Waals surface area contributed by atoms with Gasteiger partial charge in [0.15, 0.2) is 17.1 Å². The van der Waals surface area contributed by atoms with Gasteiger partial charge >= 0.3 is 0 Å². The monoisotopic (exact) mass is 356 g/mol. The number of fused-ring (bicyclic) bond motifs is 2. The van der Waals surface area contributed by atoms with E-state index in [9.17, 15) is 4.79 Å². The first-order valence-corrected chi connectivity index (χ1v) is 7.86. The van der Waals surface area contributed by atoms with Crippen LogP contribution in [0.5, 0.6) is 17.2 Å². The minimum absolute atomic E-state index is 0.182. The van der Waals surface area contributed by atoms with E-state index in [2.05, 4.69) is 0 Å². The Morgan fingerprint density at radius 1 is 1.04 bits per heavy atom. The highest BCUT2D eigenvalue weighted by Gasteiger charge is 2.37. The van der Waals surface area contributed by atoms with Gasteiger partial charge in [0.25, 0.3) is 0 Å². The van der Waals surface area contributed by atoms with Crippen molar-refractivity contribution in [1.82, 2.24) is 0 Å². The molecule has 0 unspecified atom stereocenters. The second-order valence-electron chi connectivity index (χ2n) is 5.43.